The van der Waals surface area contributed by atoms with Crippen LogP contribution in [0.25, 0.3) is 0 Å². The molecule has 0 saturated heterocycles. The van der Waals surface area contributed by atoms with E-state index in [0.717, 1.165) is 44.9 Å². The second-order valence-electron chi connectivity index (χ2n) is 12.3. The van der Waals surface area contributed by atoms with Crippen molar-refractivity contribution in [2.24, 2.45) is 46.3 Å². The van der Waals surface area contributed by atoms with Gasteiger partial charge in [0.05, 0.1) is 7.11 Å². The smallest absolute Gasteiger partial charge is 0.305 e. The third-order valence-corrected chi connectivity index (χ3v) is 10.6. The van der Waals surface area contributed by atoms with Gasteiger partial charge in [-0.15, -0.1) is 0 Å². The Morgan fingerprint density at radius 1 is 0.971 bits per heavy atom. The van der Waals surface area contributed by atoms with Crippen LogP contribution in [0, 0.1) is 46.3 Å². The average molecular weight is 489 g/mol. The molecule has 4 rings (SSSR count). The van der Waals surface area contributed by atoms with Crippen LogP contribution in [0.2, 0.25) is 0 Å². The Hall–Kier alpha value is -1.85. The summed E-state index contributed by atoms with van der Waals surface area (Å²) in [6, 6.07) is 0. The van der Waals surface area contributed by atoms with Gasteiger partial charge in [-0.3, -0.25) is 14.4 Å². The van der Waals surface area contributed by atoms with Gasteiger partial charge in [0.2, 0.25) is 0 Å². The van der Waals surface area contributed by atoms with Crippen molar-refractivity contribution < 1.29 is 28.6 Å². The molecule has 0 heterocycles. The lowest BCUT2D eigenvalue weighted by Crippen LogP contribution is -2.58. The van der Waals surface area contributed by atoms with Gasteiger partial charge in [0.25, 0.3) is 0 Å². The number of hydrogen-bond acceptors (Lipinski definition) is 6. The molecule has 0 radical (unpaired) electrons. The third kappa shape index (κ3) is 4.67. The molecule has 196 valence electrons. The maximum atomic E-state index is 12.3. The fourth-order valence-corrected chi connectivity index (χ4v) is 8.85. The van der Waals surface area contributed by atoms with Crippen LogP contribution in [-0.4, -0.2) is 37.2 Å². The highest BCUT2D eigenvalue weighted by molar-refractivity contribution is 5.69. The first-order valence-corrected chi connectivity index (χ1v) is 13.6. The number of fused-ring (bicyclic) bond motifs is 5. The van der Waals surface area contributed by atoms with Crippen molar-refractivity contribution in [3.63, 3.8) is 0 Å². The minimum atomic E-state index is -0.201. The predicted octanol–water partition coefficient (Wildman–Crippen LogP) is 5.48. The number of rotatable bonds is 6. The van der Waals surface area contributed by atoms with E-state index in [0.29, 0.717) is 41.9 Å². The quantitative estimate of drug-likeness (QED) is 0.280. The summed E-state index contributed by atoms with van der Waals surface area (Å²) >= 11 is 0. The van der Waals surface area contributed by atoms with Gasteiger partial charge in [0.1, 0.15) is 12.2 Å². The number of methoxy groups -OCH3 is 1. The van der Waals surface area contributed by atoms with Crippen LogP contribution in [0.5, 0.6) is 0 Å². The lowest BCUT2D eigenvalue weighted by molar-refractivity contribution is -0.183. The van der Waals surface area contributed by atoms with E-state index in [-0.39, 0.29) is 40.9 Å². The SMILES string of the molecule is COC(=O)CC[C@H](C)[C@H]1CC[C@@H]2[C@H]3C=C[C@@H]4C[C@H](OC(C)=O)CC[C@]4(C)[C@@H]3C[C@H](OC(C)=O)[C@@]21C. The molecule has 3 saturated carbocycles. The van der Waals surface area contributed by atoms with Crippen LogP contribution in [0.1, 0.15) is 86.0 Å². The van der Waals surface area contributed by atoms with Crippen molar-refractivity contribution in [1.29, 1.82) is 0 Å². The topological polar surface area (TPSA) is 78.9 Å². The van der Waals surface area contributed by atoms with E-state index in [2.05, 4.69) is 32.9 Å². The Balaban J connectivity index is 1.61. The summed E-state index contributed by atoms with van der Waals surface area (Å²) in [7, 11) is 1.45. The van der Waals surface area contributed by atoms with Crippen LogP contribution in [0.4, 0.5) is 0 Å². The van der Waals surface area contributed by atoms with Crippen molar-refractivity contribution in [2.75, 3.05) is 7.11 Å². The van der Waals surface area contributed by atoms with Gasteiger partial charge in [0, 0.05) is 25.7 Å². The van der Waals surface area contributed by atoms with Crippen LogP contribution < -0.4 is 0 Å². The molecule has 4 aliphatic rings. The first-order valence-electron chi connectivity index (χ1n) is 13.6. The zero-order valence-electron chi connectivity index (χ0n) is 22.4. The van der Waals surface area contributed by atoms with Crippen molar-refractivity contribution in [3.8, 4) is 0 Å². The molecule has 3 fully saturated rings. The number of hydrogen-bond donors (Lipinski definition) is 0. The Labute approximate surface area is 210 Å². The summed E-state index contributed by atoms with van der Waals surface area (Å²) in [6.45, 7) is 10.1. The van der Waals surface area contributed by atoms with E-state index in [1.807, 2.05) is 0 Å². The highest BCUT2D eigenvalue weighted by Crippen LogP contribution is 2.67. The molecule has 0 aromatic carbocycles. The molecule has 0 bridgehead atoms. The van der Waals surface area contributed by atoms with Crippen molar-refractivity contribution in [1.82, 2.24) is 0 Å². The molecule has 6 heteroatoms. The molecule has 0 aromatic rings. The number of ether oxygens (including phenoxy) is 3. The molecule has 0 spiro atoms. The fourth-order valence-electron chi connectivity index (χ4n) is 8.85. The number of carbonyl (C=O) groups is 3. The highest BCUT2D eigenvalue weighted by Gasteiger charge is 2.64. The van der Waals surface area contributed by atoms with Crippen molar-refractivity contribution in [2.45, 2.75) is 98.2 Å². The summed E-state index contributed by atoms with van der Waals surface area (Å²) in [5.74, 6) is 1.95. The first-order chi connectivity index (χ1) is 16.5. The molecule has 35 heavy (non-hydrogen) atoms. The molecule has 10 atom stereocenters. The largest absolute Gasteiger partial charge is 0.469 e. The van der Waals surface area contributed by atoms with Crippen LogP contribution >= 0.6 is 0 Å². The Morgan fingerprint density at radius 3 is 2.34 bits per heavy atom. The van der Waals surface area contributed by atoms with Crippen LogP contribution in [-0.2, 0) is 28.6 Å². The maximum absolute atomic E-state index is 12.3. The lowest BCUT2D eigenvalue weighted by atomic mass is 9.45. The number of allylic oxidation sites excluding steroid dienone is 2. The van der Waals surface area contributed by atoms with E-state index in [1.165, 1.54) is 21.0 Å². The van der Waals surface area contributed by atoms with E-state index in [9.17, 15) is 14.4 Å². The predicted molar refractivity (Wildman–Crippen MR) is 132 cm³/mol. The molecule has 0 aliphatic heterocycles. The van der Waals surface area contributed by atoms with Gasteiger partial charge < -0.3 is 14.2 Å². The summed E-state index contributed by atoms with van der Waals surface area (Å²) in [5, 5.41) is 0. The van der Waals surface area contributed by atoms with Gasteiger partial charge in [-0.05, 0) is 85.9 Å². The molecule has 4 aliphatic carbocycles. The summed E-state index contributed by atoms with van der Waals surface area (Å²) in [4.78, 5) is 35.7. The molecule has 6 nitrogen and oxygen atoms in total. The Bertz CT molecular complexity index is 865. The standard InChI is InChI=1S/C29H44O6/c1-17(7-12-27(32)33-6)23-10-11-24-22-9-8-20-15-21(34-18(2)30)13-14-28(20,4)25(22)16-26(29(23,24)5)35-19(3)31/h8-9,17,20-26H,7,10-16H2,1-6H3/t17-,20+,21+,22+,23+,24+,25+,26-,28-,29+/m0/s1. The second kappa shape index (κ2) is 9.89. The molecule has 0 amide bonds. The Kier molecular flexibility index (Phi) is 7.41. The molecular formula is C29H44O6. The summed E-state index contributed by atoms with van der Waals surface area (Å²) < 4.78 is 16.6. The normalized spacial score (nSPS) is 42.7. The van der Waals surface area contributed by atoms with Gasteiger partial charge in [-0.25, -0.2) is 0 Å². The Morgan fingerprint density at radius 2 is 1.69 bits per heavy atom. The molecule has 0 N–H and O–H groups in total. The van der Waals surface area contributed by atoms with Crippen LogP contribution in [0.15, 0.2) is 12.2 Å². The average Bonchev–Trinajstić information content (AvgIpc) is 3.16. The van der Waals surface area contributed by atoms with Crippen molar-refractivity contribution >= 4 is 17.9 Å². The van der Waals surface area contributed by atoms with E-state index in [4.69, 9.17) is 14.2 Å². The van der Waals surface area contributed by atoms with Gasteiger partial charge in [0.15, 0.2) is 0 Å². The van der Waals surface area contributed by atoms with Gasteiger partial charge in [-0.1, -0.05) is 32.9 Å². The number of carbonyl (C=O) groups excluding carboxylic acids is 3. The van der Waals surface area contributed by atoms with Crippen molar-refractivity contribution in [3.05, 3.63) is 12.2 Å². The monoisotopic (exact) mass is 488 g/mol. The zero-order valence-corrected chi connectivity index (χ0v) is 22.4. The zero-order chi connectivity index (χ0) is 25.5. The van der Waals surface area contributed by atoms with E-state index >= 15 is 0 Å². The third-order valence-electron chi connectivity index (χ3n) is 10.6. The van der Waals surface area contributed by atoms with Gasteiger partial charge >= 0.3 is 17.9 Å². The maximum Gasteiger partial charge on any atom is 0.305 e. The molecular weight excluding hydrogens is 444 g/mol. The fraction of sp³-hybridized carbons (Fsp3) is 0.828. The second-order valence-corrected chi connectivity index (χ2v) is 12.3. The first kappa shape index (κ1) is 26.2. The summed E-state index contributed by atoms with van der Waals surface area (Å²) in [5.41, 5.74) is 0.00916. The van der Waals surface area contributed by atoms with E-state index in [1.54, 1.807) is 0 Å². The van der Waals surface area contributed by atoms with Gasteiger partial charge in [-0.2, -0.15) is 0 Å². The minimum Gasteiger partial charge on any atom is -0.469 e. The lowest BCUT2D eigenvalue weighted by Gasteiger charge is -2.61. The highest BCUT2D eigenvalue weighted by atomic mass is 16.5. The molecule has 0 aromatic heterocycles. The number of esters is 3. The summed E-state index contributed by atoms with van der Waals surface area (Å²) in [6.07, 6.45) is 11.9. The molecule has 0 unspecified atom stereocenters. The van der Waals surface area contributed by atoms with Crippen LogP contribution in [0.3, 0.4) is 0 Å². The van der Waals surface area contributed by atoms with E-state index < -0.39 is 0 Å². The minimum absolute atomic E-state index is 0.00332.